The molecule has 0 fully saturated rings. The fourth-order valence-electron chi connectivity index (χ4n) is 2.89. The van der Waals surface area contributed by atoms with Crippen molar-refractivity contribution in [2.75, 3.05) is 0 Å². The molecule has 0 aliphatic carbocycles. The molecule has 162 valence electrons. The van der Waals surface area contributed by atoms with Gasteiger partial charge < -0.3 is 10.4 Å². The van der Waals surface area contributed by atoms with E-state index in [9.17, 15) is 27.6 Å². The Morgan fingerprint density at radius 1 is 1.13 bits per heavy atom. The number of aromatic amines is 1. The number of amides is 1. The molecule has 3 N–H and O–H groups in total. The lowest BCUT2D eigenvalue weighted by Crippen LogP contribution is -2.30. The van der Waals surface area contributed by atoms with Crippen molar-refractivity contribution in [1.82, 2.24) is 15.1 Å². The maximum Gasteiger partial charge on any atom is 0.416 e. The summed E-state index contributed by atoms with van der Waals surface area (Å²) < 4.78 is 39.3. The lowest BCUT2D eigenvalue weighted by atomic mass is 10.0. The van der Waals surface area contributed by atoms with Crippen molar-refractivity contribution >= 4 is 23.5 Å². The molecule has 1 heterocycles. The first-order chi connectivity index (χ1) is 14.6. The van der Waals surface area contributed by atoms with Gasteiger partial charge >= 0.3 is 12.1 Å². The van der Waals surface area contributed by atoms with Crippen molar-refractivity contribution in [2.24, 2.45) is 0 Å². The van der Waals surface area contributed by atoms with Crippen LogP contribution in [0.3, 0.4) is 0 Å². The molecule has 11 heteroatoms. The Kier molecular flexibility index (Phi) is 6.21. The topological polar surface area (TPSA) is 104 Å². The molecule has 1 amide bonds. The highest BCUT2D eigenvalue weighted by Crippen LogP contribution is 2.30. The SMILES string of the molecule is O=C(O)C[C@H](NC(=O)c1cc(=O)n(-c2ccccc2Cl)[nH]1)c1ccc(C(F)(F)F)cc1. The van der Waals surface area contributed by atoms with E-state index in [0.717, 1.165) is 35.0 Å². The number of para-hydroxylation sites is 1. The van der Waals surface area contributed by atoms with Crippen molar-refractivity contribution in [3.63, 3.8) is 0 Å². The van der Waals surface area contributed by atoms with Crippen molar-refractivity contribution in [2.45, 2.75) is 18.6 Å². The van der Waals surface area contributed by atoms with Gasteiger partial charge in [0.2, 0.25) is 0 Å². The molecule has 2 aromatic carbocycles. The molecule has 3 rings (SSSR count). The summed E-state index contributed by atoms with van der Waals surface area (Å²) in [5, 5.41) is 14.4. The van der Waals surface area contributed by atoms with Gasteiger partial charge in [-0.3, -0.25) is 19.5 Å². The third kappa shape index (κ3) is 5.15. The summed E-state index contributed by atoms with van der Waals surface area (Å²) in [6.07, 6.45) is -5.13. The first-order valence-electron chi connectivity index (χ1n) is 8.83. The number of carboxylic acid groups (broad SMARTS) is 1. The van der Waals surface area contributed by atoms with Gasteiger partial charge in [0, 0.05) is 6.07 Å². The monoisotopic (exact) mass is 453 g/mol. The van der Waals surface area contributed by atoms with Crippen LogP contribution >= 0.6 is 11.6 Å². The summed E-state index contributed by atoms with van der Waals surface area (Å²) in [6, 6.07) is 10.1. The van der Waals surface area contributed by atoms with Crippen molar-refractivity contribution in [1.29, 1.82) is 0 Å². The number of nitrogens with one attached hydrogen (secondary N) is 2. The van der Waals surface area contributed by atoms with E-state index in [-0.39, 0.29) is 16.3 Å². The van der Waals surface area contributed by atoms with E-state index in [1.165, 1.54) is 0 Å². The van der Waals surface area contributed by atoms with Gasteiger partial charge in [-0.2, -0.15) is 13.2 Å². The zero-order valence-corrected chi connectivity index (χ0v) is 16.4. The van der Waals surface area contributed by atoms with Gasteiger partial charge in [0.25, 0.3) is 11.5 Å². The van der Waals surface area contributed by atoms with Crippen LogP contribution in [0.4, 0.5) is 13.2 Å². The summed E-state index contributed by atoms with van der Waals surface area (Å²) in [6.45, 7) is 0. The zero-order valence-electron chi connectivity index (χ0n) is 15.6. The Bertz CT molecular complexity index is 1170. The van der Waals surface area contributed by atoms with Crippen LogP contribution in [0, 0.1) is 0 Å². The zero-order chi connectivity index (χ0) is 22.8. The van der Waals surface area contributed by atoms with Crippen molar-refractivity contribution < 1.29 is 27.9 Å². The minimum atomic E-state index is -4.55. The second-order valence-corrected chi connectivity index (χ2v) is 6.95. The second-order valence-electron chi connectivity index (χ2n) is 6.54. The van der Waals surface area contributed by atoms with Crippen LogP contribution in [0.1, 0.15) is 34.1 Å². The maximum absolute atomic E-state index is 12.8. The number of carboxylic acids is 1. The van der Waals surface area contributed by atoms with Gasteiger partial charge in [0.15, 0.2) is 0 Å². The highest BCUT2D eigenvalue weighted by molar-refractivity contribution is 6.32. The molecule has 1 aromatic heterocycles. The molecule has 3 aromatic rings. The molecule has 0 radical (unpaired) electrons. The van der Waals surface area contributed by atoms with Crippen LogP contribution in [0.2, 0.25) is 5.02 Å². The quantitative estimate of drug-likeness (QED) is 0.528. The normalized spacial score (nSPS) is 12.4. The van der Waals surface area contributed by atoms with E-state index in [2.05, 4.69) is 10.4 Å². The predicted molar refractivity (Wildman–Crippen MR) is 105 cm³/mol. The molecule has 0 aliphatic heterocycles. The van der Waals surface area contributed by atoms with E-state index in [1.807, 2.05) is 0 Å². The van der Waals surface area contributed by atoms with Gasteiger partial charge in [-0.25, -0.2) is 4.68 Å². The maximum atomic E-state index is 12.8. The fraction of sp³-hybridized carbons (Fsp3) is 0.150. The Morgan fingerprint density at radius 3 is 2.35 bits per heavy atom. The van der Waals surface area contributed by atoms with E-state index >= 15 is 0 Å². The average molecular weight is 454 g/mol. The molecular formula is C20H15ClF3N3O4. The number of rotatable bonds is 6. The third-order valence-electron chi connectivity index (χ3n) is 4.38. The molecule has 0 bridgehead atoms. The Balaban J connectivity index is 1.87. The second kappa shape index (κ2) is 8.68. The van der Waals surface area contributed by atoms with Gasteiger partial charge in [-0.15, -0.1) is 0 Å². The van der Waals surface area contributed by atoms with Crippen LogP contribution in [0.15, 0.2) is 59.4 Å². The predicted octanol–water partition coefficient (Wildman–Crippen LogP) is 3.78. The number of hydrogen-bond donors (Lipinski definition) is 3. The minimum Gasteiger partial charge on any atom is -0.481 e. The van der Waals surface area contributed by atoms with Gasteiger partial charge in [-0.1, -0.05) is 35.9 Å². The van der Waals surface area contributed by atoms with Crippen LogP contribution < -0.4 is 10.9 Å². The van der Waals surface area contributed by atoms with Gasteiger partial charge in [-0.05, 0) is 29.8 Å². The molecule has 31 heavy (non-hydrogen) atoms. The summed E-state index contributed by atoms with van der Waals surface area (Å²) in [5.41, 5.74) is -1.19. The number of aliphatic carboxylic acids is 1. The number of nitrogens with zero attached hydrogens (tertiary/aromatic N) is 1. The number of H-pyrrole nitrogens is 1. The number of benzene rings is 2. The largest absolute Gasteiger partial charge is 0.481 e. The summed E-state index contributed by atoms with van der Waals surface area (Å²) in [7, 11) is 0. The summed E-state index contributed by atoms with van der Waals surface area (Å²) in [4.78, 5) is 36.1. The molecule has 0 aliphatic rings. The van der Waals surface area contributed by atoms with Crippen LogP contribution in [0.25, 0.3) is 5.69 Å². The smallest absolute Gasteiger partial charge is 0.416 e. The lowest BCUT2D eigenvalue weighted by molar-refractivity contribution is -0.138. The highest BCUT2D eigenvalue weighted by Gasteiger charge is 2.30. The van der Waals surface area contributed by atoms with Crippen LogP contribution in [-0.2, 0) is 11.0 Å². The lowest BCUT2D eigenvalue weighted by Gasteiger charge is -2.18. The Hall–Kier alpha value is -3.53. The number of carbonyl (C=O) groups excluding carboxylic acids is 1. The van der Waals surface area contributed by atoms with Gasteiger partial charge in [0.1, 0.15) is 5.69 Å². The molecule has 0 saturated heterocycles. The van der Waals surface area contributed by atoms with E-state index < -0.39 is 41.6 Å². The third-order valence-corrected chi connectivity index (χ3v) is 4.70. The fourth-order valence-corrected chi connectivity index (χ4v) is 3.11. The summed E-state index contributed by atoms with van der Waals surface area (Å²) >= 11 is 6.06. The van der Waals surface area contributed by atoms with E-state index in [1.54, 1.807) is 24.3 Å². The number of hydrogen-bond acceptors (Lipinski definition) is 3. The Labute approximate surface area is 178 Å². The molecule has 0 unspecified atom stereocenters. The van der Waals surface area contributed by atoms with Crippen molar-refractivity contribution in [3.05, 3.63) is 86.8 Å². The molecular weight excluding hydrogens is 439 g/mol. The Morgan fingerprint density at radius 2 is 1.77 bits per heavy atom. The highest BCUT2D eigenvalue weighted by atomic mass is 35.5. The minimum absolute atomic E-state index is 0.164. The number of carbonyl (C=O) groups is 2. The molecule has 7 nitrogen and oxygen atoms in total. The van der Waals surface area contributed by atoms with Crippen molar-refractivity contribution in [3.8, 4) is 5.69 Å². The number of alkyl halides is 3. The van der Waals surface area contributed by atoms with Crippen LogP contribution in [-0.4, -0.2) is 26.8 Å². The molecule has 1 atom stereocenters. The first kappa shape index (κ1) is 22.2. The van der Waals surface area contributed by atoms with Gasteiger partial charge in [0.05, 0.1) is 28.7 Å². The molecule has 0 saturated carbocycles. The number of halogens is 4. The summed E-state index contributed by atoms with van der Waals surface area (Å²) in [5.74, 6) is -2.08. The standard InChI is InChI=1S/C20H15ClF3N3O4/c21-13-3-1-2-4-16(13)27-17(28)9-15(26-27)19(31)25-14(10-18(29)30)11-5-7-12(8-6-11)20(22,23)24/h1-9,14,26H,10H2,(H,25,31)(H,29,30)/t14-/m0/s1. The molecule has 0 spiro atoms. The van der Waals surface area contributed by atoms with E-state index in [4.69, 9.17) is 16.7 Å². The van der Waals surface area contributed by atoms with E-state index in [0.29, 0.717) is 5.69 Å². The van der Waals surface area contributed by atoms with Crippen LogP contribution in [0.5, 0.6) is 0 Å². The number of aromatic nitrogens is 2. The average Bonchev–Trinajstić information content (AvgIpc) is 3.08. The first-order valence-corrected chi connectivity index (χ1v) is 9.21.